The molecule has 9 aromatic carbocycles. The number of fused-ring (bicyclic) bond motifs is 9. The van der Waals surface area contributed by atoms with Crippen LogP contribution in [0.4, 0.5) is 17.1 Å². The maximum Gasteiger partial charge on any atom is 0.143 e. The minimum Gasteiger partial charge on any atom is -0.456 e. The van der Waals surface area contributed by atoms with Crippen LogP contribution < -0.4 is 4.90 Å². The molecular formula is C50H31NO2. The quantitative estimate of drug-likeness (QED) is 0.170. The smallest absolute Gasteiger partial charge is 0.143 e. The van der Waals surface area contributed by atoms with Crippen LogP contribution in [0.15, 0.2) is 197 Å². The summed E-state index contributed by atoms with van der Waals surface area (Å²) < 4.78 is 12.9. The molecule has 0 N–H and O–H groups in total. The summed E-state index contributed by atoms with van der Waals surface area (Å²) in [4.78, 5) is 2.40. The fourth-order valence-corrected chi connectivity index (χ4v) is 8.20. The average molecular weight is 678 g/mol. The van der Waals surface area contributed by atoms with Crippen molar-refractivity contribution in [3.05, 3.63) is 188 Å². The Morgan fingerprint density at radius 1 is 0.340 bits per heavy atom. The molecule has 11 rings (SSSR count). The van der Waals surface area contributed by atoms with Crippen LogP contribution in [-0.2, 0) is 0 Å². The predicted molar refractivity (Wildman–Crippen MR) is 222 cm³/mol. The summed E-state index contributed by atoms with van der Waals surface area (Å²) in [6, 6.07) is 66.8. The second kappa shape index (κ2) is 11.7. The molecule has 0 aliphatic heterocycles. The van der Waals surface area contributed by atoms with Gasteiger partial charge in [-0.05, 0) is 81.4 Å². The maximum atomic E-state index is 6.49. The van der Waals surface area contributed by atoms with Gasteiger partial charge in [-0.1, -0.05) is 140 Å². The first-order chi connectivity index (χ1) is 26.3. The van der Waals surface area contributed by atoms with Crippen LogP contribution in [-0.4, -0.2) is 0 Å². The van der Waals surface area contributed by atoms with Gasteiger partial charge in [0.1, 0.15) is 22.3 Å². The number of para-hydroxylation sites is 2. The van der Waals surface area contributed by atoms with Gasteiger partial charge in [0.05, 0.1) is 16.8 Å². The van der Waals surface area contributed by atoms with E-state index in [1.165, 1.54) is 21.5 Å². The van der Waals surface area contributed by atoms with Crippen LogP contribution >= 0.6 is 0 Å². The highest BCUT2D eigenvalue weighted by Crippen LogP contribution is 2.47. The van der Waals surface area contributed by atoms with Gasteiger partial charge in [0.2, 0.25) is 0 Å². The number of benzene rings is 9. The summed E-state index contributed by atoms with van der Waals surface area (Å²) in [6.45, 7) is 0. The van der Waals surface area contributed by atoms with E-state index in [1.54, 1.807) is 0 Å². The SMILES string of the molecule is c1ccc(-c2cccc3c2oc2ccc(-c4ccc(N(c5cc6ccccc6c6ccccc56)c5cccc6oc7ccccc7c56)cc4)cc23)cc1. The molecule has 0 bridgehead atoms. The number of rotatable bonds is 5. The Labute approximate surface area is 305 Å². The lowest BCUT2D eigenvalue weighted by Crippen LogP contribution is -2.11. The molecule has 0 saturated carbocycles. The topological polar surface area (TPSA) is 29.5 Å². The van der Waals surface area contributed by atoms with Gasteiger partial charge in [0.25, 0.3) is 0 Å². The molecule has 11 aromatic rings. The minimum absolute atomic E-state index is 0.867. The van der Waals surface area contributed by atoms with Crippen molar-refractivity contribution in [3.8, 4) is 22.3 Å². The van der Waals surface area contributed by atoms with E-state index in [-0.39, 0.29) is 0 Å². The lowest BCUT2D eigenvalue weighted by molar-refractivity contribution is 0.669. The molecule has 0 radical (unpaired) electrons. The van der Waals surface area contributed by atoms with E-state index >= 15 is 0 Å². The fraction of sp³-hybridized carbons (Fsp3) is 0. The molecule has 0 fully saturated rings. The molecule has 0 aliphatic rings. The predicted octanol–water partition coefficient (Wildman–Crippen LogP) is 14.6. The third kappa shape index (κ3) is 4.68. The van der Waals surface area contributed by atoms with Crippen molar-refractivity contribution >= 4 is 82.5 Å². The molecule has 0 saturated heterocycles. The summed E-state index contributed by atoms with van der Waals surface area (Å²) in [7, 11) is 0. The Balaban J connectivity index is 1.09. The highest BCUT2D eigenvalue weighted by molar-refractivity contribution is 6.18. The summed E-state index contributed by atoms with van der Waals surface area (Å²) in [5.41, 5.74) is 11.3. The summed E-state index contributed by atoms with van der Waals surface area (Å²) in [5.74, 6) is 0. The molecule has 53 heavy (non-hydrogen) atoms. The Bertz CT molecular complexity index is 3170. The van der Waals surface area contributed by atoms with Crippen molar-refractivity contribution in [1.82, 2.24) is 0 Å². The molecule has 0 atom stereocenters. The molecule has 3 heteroatoms. The van der Waals surface area contributed by atoms with Crippen LogP contribution in [0.25, 0.3) is 87.7 Å². The number of nitrogens with zero attached hydrogens (tertiary/aromatic N) is 1. The zero-order valence-corrected chi connectivity index (χ0v) is 28.7. The van der Waals surface area contributed by atoms with E-state index in [0.29, 0.717) is 0 Å². The van der Waals surface area contributed by atoms with Gasteiger partial charge in [0.15, 0.2) is 0 Å². The van der Waals surface area contributed by atoms with Crippen LogP contribution in [0.1, 0.15) is 0 Å². The molecule has 0 amide bonds. The highest BCUT2D eigenvalue weighted by Gasteiger charge is 2.22. The van der Waals surface area contributed by atoms with Gasteiger partial charge in [-0.15, -0.1) is 0 Å². The van der Waals surface area contributed by atoms with E-state index in [1.807, 2.05) is 18.2 Å². The van der Waals surface area contributed by atoms with E-state index in [2.05, 4.69) is 175 Å². The Morgan fingerprint density at radius 2 is 1.00 bits per heavy atom. The van der Waals surface area contributed by atoms with Crippen molar-refractivity contribution in [2.75, 3.05) is 4.90 Å². The monoisotopic (exact) mass is 677 g/mol. The van der Waals surface area contributed by atoms with E-state index in [4.69, 9.17) is 8.83 Å². The second-order valence-corrected chi connectivity index (χ2v) is 13.7. The maximum absolute atomic E-state index is 6.49. The Hall–Kier alpha value is -7.10. The number of furan rings is 2. The Kier molecular flexibility index (Phi) is 6.55. The van der Waals surface area contributed by atoms with Crippen LogP contribution in [0.2, 0.25) is 0 Å². The third-order valence-corrected chi connectivity index (χ3v) is 10.6. The number of hydrogen-bond donors (Lipinski definition) is 0. The summed E-state index contributed by atoms with van der Waals surface area (Å²) >= 11 is 0. The van der Waals surface area contributed by atoms with E-state index in [9.17, 15) is 0 Å². The minimum atomic E-state index is 0.867. The fourth-order valence-electron chi connectivity index (χ4n) is 8.20. The molecular weight excluding hydrogens is 647 g/mol. The van der Waals surface area contributed by atoms with Crippen molar-refractivity contribution in [1.29, 1.82) is 0 Å². The molecule has 3 nitrogen and oxygen atoms in total. The summed E-state index contributed by atoms with van der Waals surface area (Å²) in [6.07, 6.45) is 0. The van der Waals surface area contributed by atoms with Crippen molar-refractivity contribution in [2.45, 2.75) is 0 Å². The zero-order valence-electron chi connectivity index (χ0n) is 28.7. The standard InChI is InChI=1S/C50H31NO2/c1-2-12-33(13-3-1)38-19-10-20-41-43-30-34(26-29-47(43)53-50(38)41)32-24-27-36(28-25-32)51(44-21-11-23-48-49(44)42-18-8-9-22-46(42)52-48)45-31-35-14-4-5-15-37(35)39-16-6-7-17-40(39)45/h1-31H. The molecule has 0 unspecified atom stereocenters. The van der Waals surface area contributed by atoms with Gasteiger partial charge in [-0.25, -0.2) is 0 Å². The second-order valence-electron chi connectivity index (χ2n) is 13.7. The zero-order chi connectivity index (χ0) is 34.9. The van der Waals surface area contributed by atoms with Crippen molar-refractivity contribution in [3.63, 3.8) is 0 Å². The first-order valence-corrected chi connectivity index (χ1v) is 18.0. The molecule has 2 aromatic heterocycles. The largest absolute Gasteiger partial charge is 0.456 e. The van der Waals surface area contributed by atoms with Gasteiger partial charge in [-0.3, -0.25) is 0 Å². The molecule has 2 heterocycles. The first-order valence-electron chi connectivity index (χ1n) is 18.0. The van der Waals surface area contributed by atoms with Crippen molar-refractivity contribution in [2.24, 2.45) is 0 Å². The van der Waals surface area contributed by atoms with Gasteiger partial charge < -0.3 is 13.7 Å². The molecule has 0 spiro atoms. The lowest BCUT2D eigenvalue weighted by Gasteiger charge is -2.28. The number of anilines is 3. The van der Waals surface area contributed by atoms with Crippen LogP contribution in [0.5, 0.6) is 0 Å². The van der Waals surface area contributed by atoms with Gasteiger partial charge in [-0.2, -0.15) is 0 Å². The van der Waals surface area contributed by atoms with E-state index in [0.717, 1.165) is 83.2 Å². The Morgan fingerprint density at radius 3 is 1.87 bits per heavy atom. The van der Waals surface area contributed by atoms with Crippen molar-refractivity contribution < 1.29 is 8.83 Å². The average Bonchev–Trinajstić information content (AvgIpc) is 3.80. The van der Waals surface area contributed by atoms with E-state index < -0.39 is 0 Å². The third-order valence-electron chi connectivity index (χ3n) is 10.6. The molecule has 0 aliphatic carbocycles. The van der Waals surface area contributed by atoms with Gasteiger partial charge in [0, 0.05) is 32.8 Å². The highest BCUT2D eigenvalue weighted by atomic mass is 16.3. The first kappa shape index (κ1) is 29.6. The van der Waals surface area contributed by atoms with Crippen LogP contribution in [0, 0.1) is 0 Å². The van der Waals surface area contributed by atoms with Crippen LogP contribution in [0.3, 0.4) is 0 Å². The normalized spacial score (nSPS) is 11.8. The summed E-state index contributed by atoms with van der Waals surface area (Å²) in [5, 5.41) is 9.28. The molecule has 248 valence electrons. The number of hydrogen-bond acceptors (Lipinski definition) is 3. The lowest BCUT2D eigenvalue weighted by atomic mass is 9.98. The van der Waals surface area contributed by atoms with Gasteiger partial charge >= 0.3 is 0 Å².